The zero-order valence-corrected chi connectivity index (χ0v) is 42.5. The molecule has 3 N–H and O–H groups in total. The molecule has 3 atom stereocenters. The van der Waals surface area contributed by atoms with E-state index in [4.69, 9.17) is 4.74 Å². The minimum Gasteiger partial charge on any atom is -0.462 e. The Labute approximate surface area is 406 Å². The second-order valence-corrected chi connectivity index (χ2v) is 17.8. The molecule has 3 unspecified atom stereocenters. The molecular formula is C60H99NO5. The standard InChI is InChI=1S/C60H99NO5/c1-4-7-10-13-16-19-22-25-28-31-33-36-39-42-45-48-51-56(66-60(65)53-50-47-44-41-38-35-30-27-24-21-18-15-12-9-6-3)54-59(64)61-57(55-62)58(63)52-49-46-43-40-37-34-32-29-26-23-20-17-14-11-8-5-2/h9-10,12-13,15-16,18-19,21-22,24-25,27-28,30-31,33,35-36,38,56-58,62-63H,4-8,11,14,17,20,23,26,29,32,34,37,39-55H2,1-3H3,(H,61,64)/b12-9+,13-10+,18-15+,19-16+,24-21-,25-22+,30-27-,31-28+,36-33+,38-35+. The molecule has 0 aromatic rings. The molecule has 1 amide bonds. The van der Waals surface area contributed by atoms with Crippen molar-refractivity contribution in [2.75, 3.05) is 6.61 Å². The largest absolute Gasteiger partial charge is 0.462 e. The number of aliphatic hydroxyl groups is 2. The van der Waals surface area contributed by atoms with Crippen LogP contribution in [0.15, 0.2) is 122 Å². The molecule has 0 fully saturated rings. The molecule has 6 nitrogen and oxygen atoms in total. The zero-order chi connectivity index (χ0) is 48.1. The Morgan fingerprint density at radius 1 is 0.455 bits per heavy atom. The number of aliphatic hydroxyl groups excluding tert-OH is 2. The predicted octanol–water partition coefficient (Wildman–Crippen LogP) is 16.5. The van der Waals surface area contributed by atoms with Crippen molar-refractivity contribution in [3.8, 4) is 0 Å². The summed E-state index contributed by atoms with van der Waals surface area (Å²) in [6, 6.07) is -0.734. The van der Waals surface area contributed by atoms with Gasteiger partial charge in [-0.15, -0.1) is 0 Å². The number of carbonyl (C=O) groups is 2. The van der Waals surface area contributed by atoms with Crippen LogP contribution < -0.4 is 5.32 Å². The van der Waals surface area contributed by atoms with Gasteiger partial charge in [0.05, 0.1) is 25.2 Å². The maximum absolute atomic E-state index is 13.2. The second-order valence-electron chi connectivity index (χ2n) is 17.8. The van der Waals surface area contributed by atoms with E-state index in [0.29, 0.717) is 19.3 Å². The number of unbranched alkanes of at least 4 members (excludes halogenated alkanes) is 22. The maximum Gasteiger partial charge on any atom is 0.306 e. The Balaban J connectivity index is 4.75. The van der Waals surface area contributed by atoms with Crippen LogP contribution in [0.25, 0.3) is 0 Å². The molecule has 0 aliphatic carbocycles. The molecule has 374 valence electrons. The van der Waals surface area contributed by atoms with Crippen LogP contribution in [-0.2, 0) is 14.3 Å². The third kappa shape index (κ3) is 46.8. The highest BCUT2D eigenvalue weighted by molar-refractivity contribution is 5.77. The second kappa shape index (κ2) is 52.2. The van der Waals surface area contributed by atoms with Gasteiger partial charge in [-0.3, -0.25) is 9.59 Å². The zero-order valence-electron chi connectivity index (χ0n) is 42.5. The van der Waals surface area contributed by atoms with E-state index in [-0.39, 0.29) is 24.9 Å². The van der Waals surface area contributed by atoms with E-state index in [2.05, 4.69) is 68.6 Å². The summed E-state index contributed by atoms with van der Waals surface area (Å²) in [6.45, 7) is 6.23. The molecule has 0 spiro atoms. The van der Waals surface area contributed by atoms with E-state index < -0.39 is 18.2 Å². The van der Waals surface area contributed by atoms with Gasteiger partial charge in [0.2, 0.25) is 5.91 Å². The van der Waals surface area contributed by atoms with Gasteiger partial charge in [0.1, 0.15) is 6.10 Å². The number of hydrogen-bond donors (Lipinski definition) is 3. The number of rotatable bonds is 46. The highest BCUT2D eigenvalue weighted by Crippen LogP contribution is 2.17. The molecule has 0 aliphatic heterocycles. The summed E-state index contributed by atoms with van der Waals surface area (Å²) in [4.78, 5) is 26.2. The number of carbonyl (C=O) groups excluding carboxylic acids is 2. The fourth-order valence-electron chi connectivity index (χ4n) is 7.48. The Kier molecular flexibility index (Phi) is 49.3. The van der Waals surface area contributed by atoms with Crippen molar-refractivity contribution in [1.29, 1.82) is 0 Å². The van der Waals surface area contributed by atoms with Crippen LogP contribution in [0.2, 0.25) is 0 Å². The lowest BCUT2D eigenvalue weighted by atomic mass is 10.0. The summed E-state index contributed by atoms with van der Waals surface area (Å²) in [6.07, 6.45) is 72.5. The molecule has 0 saturated heterocycles. The van der Waals surface area contributed by atoms with Crippen molar-refractivity contribution in [2.45, 2.75) is 238 Å². The van der Waals surface area contributed by atoms with Crippen LogP contribution >= 0.6 is 0 Å². The molecule has 0 heterocycles. The Bertz CT molecular complexity index is 1390. The van der Waals surface area contributed by atoms with Gasteiger partial charge in [0.25, 0.3) is 0 Å². The quantitative estimate of drug-likeness (QED) is 0.0321. The Morgan fingerprint density at radius 3 is 1.30 bits per heavy atom. The molecule has 0 saturated carbocycles. The predicted molar refractivity (Wildman–Crippen MR) is 286 cm³/mol. The highest BCUT2D eigenvalue weighted by Gasteiger charge is 2.24. The average Bonchev–Trinajstić information content (AvgIpc) is 3.31. The monoisotopic (exact) mass is 914 g/mol. The Morgan fingerprint density at radius 2 is 0.848 bits per heavy atom. The van der Waals surface area contributed by atoms with E-state index in [9.17, 15) is 19.8 Å². The first-order valence-electron chi connectivity index (χ1n) is 26.9. The summed E-state index contributed by atoms with van der Waals surface area (Å²) >= 11 is 0. The first-order valence-corrected chi connectivity index (χ1v) is 26.9. The van der Waals surface area contributed by atoms with E-state index in [1.807, 2.05) is 79.0 Å². The first kappa shape index (κ1) is 62.3. The summed E-state index contributed by atoms with van der Waals surface area (Å²) in [5, 5.41) is 23.8. The molecule has 0 aliphatic rings. The van der Waals surface area contributed by atoms with E-state index in [1.165, 1.54) is 83.5 Å². The molecule has 0 radical (unpaired) electrons. The lowest BCUT2D eigenvalue weighted by molar-refractivity contribution is -0.151. The van der Waals surface area contributed by atoms with Crippen LogP contribution in [-0.4, -0.2) is 46.9 Å². The summed E-state index contributed by atoms with van der Waals surface area (Å²) in [7, 11) is 0. The smallest absolute Gasteiger partial charge is 0.306 e. The minimum absolute atomic E-state index is 0.0239. The highest BCUT2D eigenvalue weighted by atomic mass is 16.5. The third-order valence-electron chi connectivity index (χ3n) is 11.5. The number of ether oxygens (including phenoxy) is 1. The number of nitrogens with one attached hydrogen (secondary N) is 1. The number of esters is 1. The molecule has 0 aromatic carbocycles. The van der Waals surface area contributed by atoms with Crippen LogP contribution in [0, 0.1) is 0 Å². The van der Waals surface area contributed by atoms with Gasteiger partial charge in [0.15, 0.2) is 0 Å². The Hall–Kier alpha value is -3.74. The van der Waals surface area contributed by atoms with Crippen LogP contribution in [0.3, 0.4) is 0 Å². The lowest BCUT2D eigenvalue weighted by Gasteiger charge is -2.24. The summed E-state index contributed by atoms with van der Waals surface area (Å²) in [5.74, 6) is -0.575. The van der Waals surface area contributed by atoms with Crippen LogP contribution in [0.4, 0.5) is 0 Å². The molecule has 6 heteroatoms. The van der Waals surface area contributed by atoms with Crippen molar-refractivity contribution in [3.63, 3.8) is 0 Å². The fourth-order valence-corrected chi connectivity index (χ4v) is 7.48. The number of allylic oxidation sites excluding steroid dienone is 20. The van der Waals surface area contributed by atoms with Gasteiger partial charge in [-0.2, -0.15) is 0 Å². The van der Waals surface area contributed by atoms with Crippen LogP contribution in [0.5, 0.6) is 0 Å². The normalized spacial score (nSPS) is 14.2. The van der Waals surface area contributed by atoms with Crippen molar-refractivity contribution in [2.24, 2.45) is 0 Å². The summed E-state index contributed by atoms with van der Waals surface area (Å²) in [5.41, 5.74) is 0. The molecular weight excluding hydrogens is 815 g/mol. The minimum atomic E-state index is -0.816. The van der Waals surface area contributed by atoms with Crippen molar-refractivity contribution in [3.05, 3.63) is 122 Å². The van der Waals surface area contributed by atoms with Crippen LogP contribution in [0.1, 0.15) is 220 Å². The number of hydrogen-bond acceptors (Lipinski definition) is 5. The fraction of sp³-hybridized carbons (Fsp3) is 0.633. The van der Waals surface area contributed by atoms with Gasteiger partial charge in [-0.1, -0.05) is 264 Å². The van der Waals surface area contributed by atoms with E-state index in [1.54, 1.807) is 0 Å². The summed E-state index contributed by atoms with van der Waals surface area (Å²) < 4.78 is 5.90. The van der Waals surface area contributed by atoms with Crippen molar-refractivity contribution >= 4 is 11.9 Å². The molecule has 0 bridgehead atoms. The van der Waals surface area contributed by atoms with Crippen molar-refractivity contribution in [1.82, 2.24) is 5.32 Å². The first-order chi connectivity index (χ1) is 32.5. The van der Waals surface area contributed by atoms with Gasteiger partial charge in [-0.05, 0) is 64.2 Å². The van der Waals surface area contributed by atoms with Crippen molar-refractivity contribution < 1.29 is 24.5 Å². The molecule has 66 heavy (non-hydrogen) atoms. The van der Waals surface area contributed by atoms with Gasteiger partial charge in [-0.25, -0.2) is 0 Å². The third-order valence-corrected chi connectivity index (χ3v) is 11.5. The van der Waals surface area contributed by atoms with E-state index >= 15 is 0 Å². The number of amides is 1. The van der Waals surface area contributed by atoms with Gasteiger partial charge in [0, 0.05) is 6.42 Å². The molecule has 0 aromatic heterocycles. The van der Waals surface area contributed by atoms with Gasteiger partial charge >= 0.3 is 5.97 Å². The maximum atomic E-state index is 13.2. The molecule has 0 rings (SSSR count). The average molecular weight is 914 g/mol. The topological polar surface area (TPSA) is 95.9 Å². The van der Waals surface area contributed by atoms with Gasteiger partial charge < -0.3 is 20.3 Å². The van der Waals surface area contributed by atoms with E-state index in [0.717, 1.165) is 89.9 Å². The SMILES string of the molecule is CC/C=C/C=C/C=C\C=C/C=C/CCCCCC(=O)OC(CCCCC/C=C/C=C/C=C/C=C/C=C/CCC)CC(=O)NC(CO)C(O)CCCCCCCCCCCCCCCCCC. The lowest BCUT2D eigenvalue weighted by Crippen LogP contribution is -2.46.